The molecule has 0 amide bonds. The third kappa shape index (κ3) is 4.42. The topological polar surface area (TPSA) is 48.4 Å². The maximum atomic E-state index is 13.5. The molecule has 1 aromatic heterocycles. The predicted molar refractivity (Wildman–Crippen MR) is 86.8 cm³/mol. The zero-order chi connectivity index (χ0) is 18.8. The Morgan fingerprint density at radius 3 is 2.28 bits per heavy atom. The molecule has 0 atom stereocenters. The summed E-state index contributed by atoms with van der Waals surface area (Å²) in [6.45, 7) is 3.23. The zero-order valence-electron chi connectivity index (χ0n) is 13.6. The monoisotopic (exact) mass is 373 g/mol. The number of esters is 1. The standard InChI is InChI=1S/C17H15ClF3NO3/c1-9(2)25-15-14(16(23)24-3)12(17(19,20)21)8-13(22-15)10-4-6-11(18)7-5-10/h4-9H,1-3H3. The van der Waals surface area contributed by atoms with Crippen LogP contribution in [-0.2, 0) is 10.9 Å². The van der Waals surface area contributed by atoms with E-state index in [9.17, 15) is 18.0 Å². The molecule has 2 aromatic rings. The van der Waals surface area contributed by atoms with E-state index < -0.39 is 35.3 Å². The number of nitrogens with zero attached hydrogens (tertiary/aromatic N) is 1. The van der Waals surface area contributed by atoms with Crippen LogP contribution in [0.25, 0.3) is 11.3 Å². The lowest BCUT2D eigenvalue weighted by Crippen LogP contribution is -2.19. The molecular weight excluding hydrogens is 359 g/mol. The van der Waals surface area contributed by atoms with Gasteiger partial charge in [-0.15, -0.1) is 0 Å². The average molecular weight is 374 g/mol. The second kappa shape index (κ2) is 7.31. The summed E-state index contributed by atoms with van der Waals surface area (Å²) in [4.78, 5) is 16.0. The fourth-order valence-electron chi connectivity index (χ4n) is 2.12. The Labute approximate surface area is 147 Å². The maximum absolute atomic E-state index is 13.5. The molecule has 25 heavy (non-hydrogen) atoms. The molecule has 0 saturated carbocycles. The number of hydrogen-bond donors (Lipinski definition) is 0. The highest BCUT2D eigenvalue weighted by Crippen LogP contribution is 2.38. The van der Waals surface area contributed by atoms with Crippen LogP contribution in [0, 0.1) is 0 Å². The second-order valence-corrected chi connectivity index (χ2v) is 5.83. The van der Waals surface area contributed by atoms with Crippen molar-refractivity contribution in [2.75, 3.05) is 7.11 Å². The molecule has 1 aromatic carbocycles. The lowest BCUT2D eigenvalue weighted by atomic mass is 10.0. The quantitative estimate of drug-likeness (QED) is 0.708. The van der Waals surface area contributed by atoms with Gasteiger partial charge in [0.2, 0.25) is 5.88 Å². The fraction of sp³-hybridized carbons (Fsp3) is 0.294. The van der Waals surface area contributed by atoms with Gasteiger partial charge in [0.25, 0.3) is 0 Å². The summed E-state index contributed by atoms with van der Waals surface area (Å²) in [5, 5.41) is 0.435. The molecule has 0 radical (unpaired) electrons. The van der Waals surface area contributed by atoms with Crippen molar-refractivity contribution in [2.45, 2.75) is 26.1 Å². The van der Waals surface area contributed by atoms with Gasteiger partial charge in [-0.1, -0.05) is 23.7 Å². The van der Waals surface area contributed by atoms with Crippen molar-refractivity contribution < 1.29 is 27.4 Å². The number of benzene rings is 1. The summed E-state index contributed by atoms with van der Waals surface area (Å²) in [5.41, 5.74) is -1.51. The number of methoxy groups -OCH3 is 1. The Kier molecular flexibility index (Phi) is 5.57. The number of carbonyl (C=O) groups is 1. The number of carbonyl (C=O) groups excluding carboxylic acids is 1. The molecule has 0 saturated heterocycles. The third-order valence-corrected chi connectivity index (χ3v) is 3.42. The van der Waals surface area contributed by atoms with Crippen molar-refractivity contribution >= 4 is 17.6 Å². The minimum Gasteiger partial charge on any atom is -0.474 e. The van der Waals surface area contributed by atoms with Gasteiger partial charge in [0, 0.05) is 10.6 Å². The summed E-state index contributed by atoms with van der Waals surface area (Å²) in [6, 6.07) is 6.91. The van der Waals surface area contributed by atoms with Crippen LogP contribution in [0.1, 0.15) is 29.8 Å². The molecule has 0 spiro atoms. The first-order valence-electron chi connectivity index (χ1n) is 7.26. The van der Waals surface area contributed by atoms with Gasteiger partial charge < -0.3 is 9.47 Å². The Balaban J connectivity index is 2.75. The maximum Gasteiger partial charge on any atom is 0.417 e. The SMILES string of the molecule is COC(=O)c1c(C(F)(F)F)cc(-c2ccc(Cl)cc2)nc1OC(C)C. The van der Waals surface area contributed by atoms with E-state index in [1.807, 2.05) is 0 Å². The van der Waals surface area contributed by atoms with Gasteiger partial charge in [-0.3, -0.25) is 0 Å². The molecular formula is C17H15ClF3NO3. The fourth-order valence-corrected chi connectivity index (χ4v) is 2.25. The number of rotatable bonds is 4. The summed E-state index contributed by atoms with van der Waals surface area (Å²) >= 11 is 5.80. The molecule has 0 unspecified atom stereocenters. The van der Waals surface area contributed by atoms with E-state index in [0.29, 0.717) is 10.6 Å². The zero-order valence-corrected chi connectivity index (χ0v) is 14.4. The summed E-state index contributed by atoms with van der Waals surface area (Å²) in [5.74, 6) is -1.60. The summed E-state index contributed by atoms with van der Waals surface area (Å²) in [6.07, 6.45) is -5.28. The van der Waals surface area contributed by atoms with Crippen molar-refractivity contribution in [1.29, 1.82) is 0 Å². The minimum atomic E-state index is -4.79. The molecule has 0 bridgehead atoms. The van der Waals surface area contributed by atoms with Crippen LogP contribution in [0.5, 0.6) is 5.88 Å². The van der Waals surface area contributed by atoms with Gasteiger partial charge in [-0.05, 0) is 32.0 Å². The van der Waals surface area contributed by atoms with Crippen LogP contribution in [0.3, 0.4) is 0 Å². The molecule has 0 N–H and O–H groups in total. The Hall–Kier alpha value is -2.28. The predicted octanol–water partition coefficient (Wildman–Crippen LogP) is 4.99. The van der Waals surface area contributed by atoms with Crippen molar-refractivity contribution in [1.82, 2.24) is 4.98 Å². The highest BCUT2D eigenvalue weighted by Gasteiger charge is 2.39. The Bertz CT molecular complexity index is 774. The molecule has 134 valence electrons. The normalized spacial score (nSPS) is 11.5. The minimum absolute atomic E-state index is 0.00675. The Morgan fingerprint density at radius 2 is 1.80 bits per heavy atom. The van der Waals surface area contributed by atoms with Gasteiger partial charge in [0.15, 0.2) is 0 Å². The average Bonchev–Trinajstić information content (AvgIpc) is 2.52. The first-order chi connectivity index (χ1) is 11.6. The number of alkyl halides is 3. The number of aromatic nitrogens is 1. The highest BCUT2D eigenvalue weighted by molar-refractivity contribution is 6.30. The van der Waals surface area contributed by atoms with Crippen LogP contribution in [0.2, 0.25) is 5.02 Å². The lowest BCUT2D eigenvalue weighted by Gasteiger charge is -2.18. The van der Waals surface area contributed by atoms with Gasteiger partial charge in [-0.2, -0.15) is 13.2 Å². The molecule has 0 fully saturated rings. The van der Waals surface area contributed by atoms with E-state index in [-0.39, 0.29) is 5.69 Å². The number of ether oxygens (including phenoxy) is 2. The van der Waals surface area contributed by atoms with Gasteiger partial charge in [-0.25, -0.2) is 9.78 Å². The van der Waals surface area contributed by atoms with Crippen molar-refractivity contribution in [3.05, 3.63) is 46.5 Å². The highest BCUT2D eigenvalue weighted by atomic mass is 35.5. The Morgan fingerprint density at radius 1 is 1.20 bits per heavy atom. The molecule has 1 heterocycles. The lowest BCUT2D eigenvalue weighted by molar-refractivity contribution is -0.138. The van der Waals surface area contributed by atoms with Crippen LogP contribution in [0.4, 0.5) is 13.2 Å². The van der Waals surface area contributed by atoms with Gasteiger partial charge in [0.05, 0.1) is 24.5 Å². The van der Waals surface area contributed by atoms with E-state index in [1.165, 1.54) is 24.3 Å². The second-order valence-electron chi connectivity index (χ2n) is 5.40. The van der Waals surface area contributed by atoms with E-state index in [2.05, 4.69) is 9.72 Å². The molecule has 2 rings (SSSR count). The van der Waals surface area contributed by atoms with Gasteiger partial charge in [0.1, 0.15) is 5.56 Å². The molecule has 8 heteroatoms. The number of hydrogen-bond acceptors (Lipinski definition) is 4. The van der Waals surface area contributed by atoms with Crippen molar-refractivity contribution in [3.63, 3.8) is 0 Å². The molecule has 0 aliphatic carbocycles. The van der Waals surface area contributed by atoms with Crippen LogP contribution >= 0.6 is 11.6 Å². The van der Waals surface area contributed by atoms with E-state index in [0.717, 1.165) is 13.2 Å². The first kappa shape index (κ1) is 19.1. The smallest absolute Gasteiger partial charge is 0.417 e. The van der Waals surface area contributed by atoms with E-state index >= 15 is 0 Å². The van der Waals surface area contributed by atoms with Crippen LogP contribution < -0.4 is 4.74 Å². The summed E-state index contributed by atoms with van der Waals surface area (Å²) in [7, 11) is 0.995. The largest absolute Gasteiger partial charge is 0.474 e. The van der Waals surface area contributed by atoms with Crippen LogP contribution in [0.15, 0.2) is 30.3 Å². The number of halogens is 4. The van der Waals surface area contributed by atoms with Crippen molar-refractivity contribution in [2.24, 2.45) is 0 Å². The molecule has 4 nitrogen and oxygen atoms in total. The molecule has 0 aliphatic heterocycles. The van der Waals surface area contributed by atoms with E-state index in [4.69, 9.17) is 16.3 Å². The molecule has 0 aliphatic rings. The van der Waals surface area contributed by atoms with Gasteiger partial charge >= 0.3 is 12.1 Å². The van der Waals surface area contributed by atoms with Crippen molar-refractivity contribution in [3.8, 4) is 17.1 Å². The van der Waals surface area contributed by atoms with Crippen LogP contribution in [-0.4, -0.2) is 24.2 Å². The number of pyridine rings is 1. The van der Waals surface area contributed by atoms with E-state index in [1.54, 1.807) is 13.8 Å². The summed E-state index contributed by atoms with van der Waals surface area (Å²) < 4.78 is 50.4. The first-order valence-corrected chi connectivity index (χ1v) is 7.64. The third-order valence-electron chi connectivity index (χ3n) is 3.17.